The van der Waals surface area contributed by atoms with Crippen molar-refractivity contribution in [1.82, 2.24) is 9.80 Å². The normalized spacial score (nSPS) is 25.1. The number of hydrogen-bond donors (Lipinski definition) is 0. The van der Waals surface area contributed by atoms with E-state index in [2.05, 4.69) is 11.8 Å². The lowest BCUT2D eigenvalue weighted by molar-refractivity contribution is -0.141. The molecule has 4 nitrogen and oxygen atoms in total. The SMILES string of the molecule is CCCC(=O)N1CCC2(CC1)SCCN2C(=O)C1CCCCC1. The lowest BCUT2D eigenvalue weighted by Gasteiger charge is -2.45. The molecule has 1 aliphatic carbocycles. The van der Waals surface area contributed by atoms with Gasteiger partial charge in [-0.05, 0) is 32.1 Å². The second kappa shape index (κ2) is 7.45. The Morgan fingerprint density at radius 3 is 2.43 bits per heavy atom. The van der Waals surface area contributed by atoms with Crippen LogP contribution < -0.4 is 0 Å². The molecule has 1 saturated carbocycles. The molecule has 5 heteroatoms. The van der Waals surface area contributed by atoms with Crippen LogP contribution >= 0.6 is 11.8 Å². The summed E-state index contributed by atoms with van der Waals surface area (Å²) >= 11 is 1.96. The van der Waals surface area contributed by atoms with E-state index in [1.54, 1.807) is 0 Å². The van der Waals surface area contributed by atoms with Gasteiger partial charge in [0.1, 0.15) is 0 Å². The minimum absolute atomic E-state index is 0.0163. The molecule has 2 amide bonds. The summed E-state index contributed by atoms with van der Waals surface area (Å²) in [6.45, 7) is 4.60. The van der Waals surface area contributed by atoms with Gasteiger partial charge in [0.15, 0.2) is 0 Å². The second-order valence-electron chi connectivity index (χ2n) is 7.25. The summed E-state index contributed by atoms with van der Waals surface area (Å²) in [4.78, 5) is 29.3. The van der Waals surface area contributed by atoms with E-state index >= 15 is 0 Å². The Labute approximate surface area is 144 Å². The van der Waals surface area contributed by atoms with Crippen LogP contribution in [0.25, 0.3) is 0 Å². The zero-order valence-corrected chi connectivity index (χ0v) is 15.2. The minimum atomic E-state index is -0.0163. The van der Waals surface area contributed by atoms with Crippen molar-refractivity contribution in [1.29, 1.82) is 0 Å². The first-order valence-electron chi connectivity index (χ1n) is 9.39. The van der Waals surface area contributed by atoms with Gasteiger partial charge in [0.2, 0.25) is 11.8 Å². The van der Waals surface area contributed by atoms with Crippen LogP contribution in [0.5, 0.6) is 0 Å². The zero-order valence-electron chi connectivity index (χ0n) is 14.4. The molecule has 1 spiro atoms. The van der Waals surface area contributed by atoms with E-state index in [0.29, 0.717) is 12.3 Å². The van der Waals surface area contributed by atoms with Crippen molar-refractivity contribution in [3.05, 3.63) is 0 Å². The van der Waals surface area contributed by atoms with Gasteiger partial charge in [-0.15, -0.1) is 11.8 Å². The molecule has 0 N–H and O–H groups in total. The molecule has 3 rings (SSSR count). The molecule has 0 aromatic carbocycles. The number of hydrogen-bond acceptors (Lipinski definition) is 3. The highest BCUT2D eigenvalue weighted by atomic mass is 32.2. The lowest BCUT2D eigenvalue weighted by atomic mass is 9.87. The van der Waals surface area contributed by atoms with Gasteiger partial charge in [0.25, 0.3) is 0 Å². The fourth-order valence-corrected chi connectivity index (χ4v) is 5.84. The molecule has 3 aliphatic rings. The van der Waals surface area contributed by atoms with Gasteiger partial charge in [0.05, 0.1) is 4.87 Å². The van der Waals surface area contributed by atoms with Gasteiger partial charge in [-0.3, -0.25) is 9.59 Å². The standard InChI is InChI=1S/C18H30N2O2S/c1-2-6-16(21)19-11-9-18(10-12-19)20(13-14-23-18)17(22)15-7-4-3-5-8-15/h15H,2-14H2,1H3. The van der Waals surface area contributed by atoms with Crippen LogP contribution in [0.1, 0.15) is 64.7 Å². The highest BCUT2D eigenvalue weighted by molar-refractivity contribution is 8.00. The lowest BCUT2D eigenvalue weighted by Crippen LogP contribution is -2.54. The van der Waals surface area contributed by atoms with Crippen molar-refractivity contribution < 1.29 is 9.59 Å². The van der Waals surface area contributed by atoms with Gasteiger partial charge in [-0.2, -0.15) is 0 Å². The van der Waals surface area contributed by atoms with Crippen LogP contribution in [-0.2, 0) is 9.59 Å². The fourth-order valence-electron chi connectivity index (χ4n) is 4.38. The third-order valence-electron chi connectivity index (χ3n) is 5.76. The Morgan fingerprint density at radius 1 is 1.09 bits per heavy atom. The maximum atomic E-state index is 13.0. The maximum Gasteiger partial charge on any atom is 0.226 e. The molecule has 2 aliphatic heterocycles. The summed E-state index contributed by atoms with van der Waals surface area (Å²) in [5, 5.41) is 0. The van der Waals surface area contributed by atoms with Crippen molar-refractivity contribution in [3.8, 4) is 0 Å². The van der Waals surface area contributed by atoms with Gasteiger partial charge in [0, 0.05) is 37.7 Å². The number of rotatable bonds is 3. The first-order valence-corrected chi connectivity index (χ1v) is 10.4. The average molecular weight is 339 g/mol. The van der Waals surface area contributed by atoms with Crippen LogP contribution in [0.3, 0.4) is 0 Å². The van der Waals surface area contributed by atoms with E-state index in [1.165, 1.54) is 19.3 Å². The Morgan fingerprint density at radius 2 is 1.78 bits per heavy atom. The van der Waals surface area contributed by atoms with Crippen LogP contribution in [-0.4, -0.2) is 51.9 Å². The monoisotopic (exact) mass is 338 g/mol. The molecule has 2 saturated heterocycles. The summed E-state index contributed by atoms with van der Waals surface area (Å²) < 4.78 is 0. The first kappa shape index (κ1) is 17.1. The van der Waals surface area contributed by atoms with Crippen molar-refractivity contribution in [2.75, 3.05) is 25.4 Å². The van der Waals surface area contributed by atoms with E-state index < -0.39 is 0 Å². The number of likely N-dealkylation sites (tertiary alicyclic amines) is 1. The van der Waals surface area contributed by atoms with Crippen LogP contribution in [0.4, 0.5) is 0 Å². The van der Waals surface area contributed by atoms with Gasteiger partial charge in [-0.1, -0.05) is 26.2 Å². The number of amides is 2. The molecule has 2 heterocycles. The van der Waals surface area contributed by atoms with Crippen molar-refractivity contribution in [3.63, 3.8) is 0 Å². The summed E-state index contributed by atoms with van der Waals surface area (Å²) in [5.41, 5.74) is 0. The van der Waals surface area contributed by atoms with Crippen molar-refractivity contribution >= 4 is 23.6 Å². The van der Waals surface area contributed by atoms with E-state index in [-0.39, 0.29) is 16.7 Å². The molecule has 0 aromatic heterocycles. The van der Waals surface area contributed by atoms with Crippen molar-refractivity contribution in [2.24, 2.45) is 5.92 Å². The molecule has 0 atom stereocenters. The maximum absolute atomic E-state index is 13.0. The number of thioether (sulfide) groups is 1. The van der Waals surface area contributed by atoms with Crippen LogP contribution in [0, 0.1) is 5.92 Å². The third-order valence-corrected chi connectivity index (χ3v) is 7.31. The number of carbonyl (C=O) groups excluding carboxylic acids is 2. The Hall–Kier alpha value is -0.710. The highest BCUT2D eigenvalue weighted by Crippen LogP contribution is 2.45. The van der Waals surface area contributed by atoms with Gasteiger partial charge < -0.3 is 9.80 Å². The zero-order chi connectivity index (χ0) is 16.3. The molecule has 0 unspecified atom stereocenters. The summed E-state index contributed by atoms with van der Waals surface area (Å²) in [6.07, 6.45) is 9.35. The topological polar surface area (TPSA) is 40.6 Å². The average Bonchev–Trinajstić information content (AvgIpc) is 2.99. The predicted octanol–water partition coefficient (Wildman–Crippen LogP) is 3.26. The summed E-state index contributed by atoms with van der Waals surface area (Å²) in [6, 6.07) is 0. The van der Waals surface area contributed by atoms with E-state index in [4.69, 9.17) is 0 Å². The number of nitrogens with zero attached hydrogens (tertiary/aromatic N) is 2. The number of carbonyl (C=O) groups is 2. The summed E-state index contributed by atoms with van der Waals surface area (Å²) in [5.74, 6) is 2.01. The quantitative estimate of drug-likeness (QED) is 0.793. The summed E-state index contributed by atoms with van der Waals surface area (Å²) in [7, 11) is 0. The molecule has 0 bridgehead atoms. The smallest absolute Gasteiger partial charge is 0.226 e. The second-order valence-corrected chi connectivity index (χ2v) is 8.71. The van der Waals surface area contributed by atoms with Gasteiger partial charge in [-0.25, -0.2) is 0 Å². The third kappa shape index (κ3) is 3.54. The van der Waals surface area contributed by atoms with E-state index in [9.17, 15) is 9.59 Å². The fraction of sp³-hybridized carbons (Fsp3) is 0.889. The minimum Gasteiger partial charge on any atom is -0.342 e. The molecule has 3 fully saturated rings. The Kier molecular flexibility index (Phi) is 5.55. The molecule has 0 radical (unpaired) electrons. The molecular formula is C18H30N2O2S. The first-order chi connectivity index (χ1) is 11.2. The molecule has 23 heavy (non-hydrogen) atoms. The van der Waals surface area contributed by atoms with E-state index in [0.717, 1.165) is 57.5 Å². The molecule has 0 aromatic rings. The Bertz CT molecular complexity index is 440. The Balaban J connectivity index is 1.62. The largest absolute Gasteiger partial charge is 0.342 e. The van der Waals surface area contributed by atoms with Gasteiger partial charge >= 0.3 is 0 Å². The molecule has 130 valence electrons. The highest BCUT2D eigenvalue weighted by Gasteiger charge is 2.47. The van der Waals surface area contributed by atoms with Crippen LogP contribution in [0.2, 0.25) is 0 Å². The van der Waals surface area contributed by atoms with Crippen molar-refractivity contribution in [2.45, 2.75) is 69.6 Å². The van der Waals surface area contributed by atoms with Crippen LogP contribution in [0.15, 0.2) is 0 Å². The molecular weight excluding hydrogens is 308 g/mol. The number of piperidine rings is 1. The predicted molar refractivity (Wildman–Crippen MR) is 94.2 cm³/mol. The van der Waals surface area contributed by atoms with E-state index in [1.807, 2.05) is 16.7 Å².